The summed E-state index contributed by atoms with van der Waals surface area (Å²) in [6.45, 7) is 11.5. The number of nitrogens with zero attached hydrogens (tertiary/aromatic N) is 2. The van der Waals surface area contributed by atoms with Gasteiger partial charge >= 0.3 is 6.85 Å². The maximum Gasteiger partial charge on any atom is 0.333 e. The van der Waals surface area contributed by atoms with Crippen LogP contribution >= 0.6 is 0 Å². The zero-order valence-corrected chi connectivity index (χ0v) is 34.1. The van der Waals surface area contributed by atoms with Gasteiger partial charge in [-0.05, 0) is 110 Å². The molecule has 5 heteroatoms. The molecule has 0 atom stereocenters. The Morgan fingerprint density at radius 3 is 2.05 bits per heavy atom. The fourth-order valence-corrected chi connectivity index (χ4v) is 11.5. The number of fused-ring (bicyclic) bond motifs is 18. The van der Waals surface area contributed by atoms with E-state index in [1.807, 2.05) is 0 Å². The van der Waals surface area contributed by atoms with Gasteiger partial charge in [0.25, 0.3) is 0 Å². The molecule has 4 nitrogen and oxygen atoms in total. The standard InChI is InChI=1S/C55H39BN2O2/c1-54(2,3)30-18-20-31(21-19-30)58-45-28-42-38(32-12-6-9-15-41(32)55(42,4)5)26-39(45)35-22-23-37-50-44(25-24-36-33-13-7-11-17-48(33)60-53(36)50)57-46-27-40-34-14-8-10-16-47(34)59-49(40)29-43(46)56(58)51(35)52(37)57/h6-29H,1-5H3. The van der Waals surface area contributed by atoms with Gasteiger partial charge in [-0.1, -0.05) is 120 Å². The summed E-state index contributed by atoms with van der Waals surface area (Å²) in [4.78, 5) is 2.65. The van der Waals surface area contributed by atoms with E-state index in [9.17, 15) is 0 Å². The molecule has 0 N–H and O–H groups in total. The minimum absolute atomic E-state index is 0.0288. The average molecular weight is 771 g/mol. The highest BCUT2D eigenvalue weighted by atomic mass is 16.3. The number of rotatable bonds is 1. The molecule has 284 valence electrons. The van der Waals surface area contributed by atoms with Crippen LogP contribution in [0.1, 0.15) is 51.3 Å². The number of hydrogen-bond acceptors (Lipinski definition) is 3. The first kappa shape index (κ1) is 32.9. The highest BCUT2D eigenvalue weighted by molar-refractivity contribution is 6.94. The van der Waals surface area contributed by atoms with E-state index in [0.29, 0.717) is 0 Å². The van der Waals surface area contributed by atoms with Gasteiger partial charge in [-0.25, -0.2) is 0 Å². The number of anilines is 2. The molecule has 1 aliphatic carbocycles. The summed E-state index contributed by atoms with van der Waals surface area (Å²) in [6, 6.07) is 54.4. The molecule has 0 spiro atoms. The van der Waals surface area contributed by atoms with Gasteiger partial charge in [-0.2, -0.15) is 0 Å². The lowest BCUT2D eigenvalue weighted by Gasteiger charge is -2.42. The summed E-state index contributed by atoms with van der Waals surface area (Å²) in [7, 11) is 0. The monoisotopic (exact) mass is 770 g/mol. The van der Waals surface area contributed by atoms with Gasteiger partial charge < -0.3 is 18.2 Å². The van der Waals surface area contributed by atoms with E-state index in [1.54, 1.807) is 0 Å². The first-order valence-corrected chi connectivity index (χ1v) is 21.2. The third-order valence-corrected chi connectivity index (χ3v) is 14.3. The molecule has 5 heterocycles. The maximum atomic E-state index is 6.84. The Morgan fingerprint density at radius 1 is 0.533 bits per heavy atom. The van der Waals surface area contributed by atoms with Crippen LogP contribution in [-0.2, 0) is 10.8 Å². The van der Waals surface area contributed by atoms with Crippen molar-refractivity contribution >= 4 is 94.8 Å². The van der Waals surface area contributed by atoms with Crippen molar-refractivity contribution in [3.05, 3.63) is 162 Å². The van der Waals surface area contributed by atoms with Gasteiger partial charge in [0.1, 0.15) is 22.3 Å². The molecule has 2 aliphatic heterocycles. The van der Waals surface area contributed by atoms with E-state index >= 15 is 0 Å². The van der Waals surface area contributed by atoms with E-state index < -0.39 is 0 Å². The van der Waals surface area contributed by atoms with Crippen LogP contribution in [0.5, 0.6) is 0 Å². The van der Waals surface area contributed by atoms with Crippen molar-refractivity contribution in [1.29, 1.82) is 0 Å². The Morgan fingerprint density at radius 2 is 1.25 bits per heavy atom. The lowest BCUT2D eigenvalue weighted by molar-refractivity contribution is 0.590. The largest absolute Gasteiger partial charge is 0.456 e. The van der Waals surface area contributed by atoms with Crippen molar-refractivity contribution in [1.82, 2.24) is 4.57 Å². The summed E-state index contributed by atoms with van der Waals surface area (Å²) in [5.41, 5.74) is 21.3. The van der Waals surface area contributed by atoms with Crippen LogP contribution in [0.15, 0.2) is 154 Å². The Balaban J connectivity index is 1.17. The highest BCUT2D eigenvalue weighted by Crippen LogP contribution is 2.55. The molecule has 3 aliphatic rings. The zero-order chi connectivity index (χ0) is 40.0. The summed E-state index contributed by atoms with van der Waals surface area (Å²) in [5.74, 6) is 0. The summed E-state index contributed by atoms with van der Waals surface area (Å²) < 4.78 is 16.1. The second kappa shape index (κ2) is 10.8. The smallest absolute Gasteiger partial charge is 0.333 e. The topological polar surface area (TPSA) is 34.5 Å². The van der Waals surface area contributed by atoms with Gasteiger partial charge in [0.15, 0.2) is 0 Å². The summed E-state index contributed by atoms with van der Waals surface area (Å²) >= 11 is 0. The number of hydrogen-bond donors (Lipinski definition) is 0. The third-order valence-electron chi connectivity index (χ3n) is 14.3. The van der Waals surface area contributed by atoms with Gasteiger partial charge in [0.05, 0.1) is 16.4 Å². The van der Waals surface area contributed by atoms with Crippen LogP contribution in [0.25, 0.3) is 93.6 Å². The molecule has 0 saturated heterocycles. The van der Waals surface area contributed by atoms with Crippen molar-refractivity contribution in [2.45, 2.75) is 45.4 Å². The van der Waals surface area contributed by atoms with Crippen LogP contribution in [0.3, 0.4) is 0 Å². The van der Waals surface area contributed by atoms with Crippen LogP contribution in [0, 0.1) is 0 Å². The van der Waals surface area contributed by atoms with E-state index in [1.165, 1.54) is 77.8 Å². The van der Waals surface area contributed by atoms with Crippen LogP contribution in [0.2, 0.25) is 0 Å². The maximum absolute atomic E-state index is 6.84. The molecule has 14 rings (SSSR count). The molecule has 0 amide bonds. The molecule has 0 fully saturated rings. The molecule has 0 bridgehead atoms. The number of para-hydroxylation sites is 2. The fraction of sp³-hybridized carbons (Fsp3) is 0.127. The van der Waals surface area contributed by atoms with Crippen LogP contribution < -0.4 is 15.7 Å². The SMILES string of the molecule is CC(C)(C)c1ccc(N2B3c4cc5oc6ccccc6c5cc4-n4c5ccc6c7ccccc7oc6c5c5ccc(c3c54)-c3cc4c(cc32)C(C)(C)c2ccccc2-4)cc1. The van der Waals surface area contributed by atoms with E-state index in [-0.39, 0.29) is 17.7 Å². The third kappa shape index (κ3) is 3.94. The zero-order valence-electron chi connectivity index (χ0n) is 34.1. The normalized spacial score (nSPS) is 14.8. The van der Waals surface area contributed by atoms with E-state index in [4.69, 9.17) is 8.83 Å². The first-order chi connectivity index (χ1) is 29.1. The van der Waals surface area contributed by atoms with Gasteiger partial charge in [-0.3, -0.25) is 0 Å². The van der Waals surface area contributed by atoms with Gasteiger partial charge in [0.2, 0.25) is 0 Å². The Hall–Kier alpha value is -6.98. The van der Waals surface area contributed by atoms with Crippen LogP contribution in [-0.4, -0.2) is 11.4 Å². The average Bonchev–Trinajstić information content (AvgIpc) is 3.98. The van der Waals surface area contributed by atoms with Crippen molar-refractivity contribution in [2.75, 3.05) is 4.81 Å². The van der Waals surface area contributed by atoms with E-state index in [2.05, 4.69) is 190 Å². The molecular formula is C55H39BN2O2. The molecule has 60 heavy (non-hydrogen) atoms. The highest BCUT2D eigenvalue weighted by Gasteiger charge is 2.46. The molecule has 8 aromatic carbocycles. The van der Waals surface area contributed by atoms with Crippen LogP contribution in [0.4, 0.5) is 11.4 Å². The van der Waals surface area contributed by atoms with E-state index in [0.717, 1.165) is 54.8 Å². The molecular weight excluding hydrogens is 731 g/mol. The number of aromatic nitrogens is 1. The Labute approximate surface area is 347 Å². The number of furan rings is 2. The fourth-order valence-electron chi connectivity index (χ4n) is 11.5. The number of benzene rings is 8. The van der Waals surface area contributed by atoms with Crippen molar-refractivity contribution in [3.63, 3.8) is 0 Å². The molecule has 11 aromatic rings. The summed E-state index contributed by atoms with van der Waals surface area (Å²) in [6.07, 6.45) is 0. The predicted molar refractivity (Wildman–Crippen MR) is 251 cm³/mol. The second-order valence-corrected chi connectivity index (χ2v) is 18.9. The molecule has 3 aromatic heterocycles. The molecule has 0 radical (unpaired) electrons. The summed E-state index contributed by atoms with van der Waals surface area (Å²) in [5, 5.41) is 6.90. The van der Waals surface area contributed by atoms with Crippen molar-refractivity contribution in [3.8, 4) is 27.9 Å². The molecule has 0 saturated carbocycles. The lowest BCUT2D eigenvalue weighted by atomic mass is 9.44. The van der Waals surface area contributed by atoms with Crippen molar-refractivity contribution < 1.29 is 8.83 Å². The quantitative estimate of drug-likeness (QED) is 0.156. The van der Waals surface area contributed by atoms with Crippen molar-refractivity contribution in [2.24, 2.45) is 0 Å². The predicted octanol–water partition coefficient (Wildman–Crippen LogP) is 13.4. The minimum atomic E-state index is -0.151. The first-order valence-electron chi connectivity index (χ1n) is 21.2. The Kier molecular flexibility index (Phi) is 5.92. The lowest BCUT2D eigenvalue weighted by Crippen LogP contribution is -2.60. The minimum Gasteiger partial charge on any atom is -0.456 e. The van der Waals surface area contributed by atoms with Gasteiger partial charge in [0, 0.05) is 55.0 Å². The second-order valence-electron chi connectivity index (χ2n) is 18.9. The Bertz CT molecular complexity index is 3740. The molecule has 0 unspecified atom stereocenters. The van der Waals surface area contributed by atoms with Gasteiger partial charge in [-0.15, -0.1) is 0 Å².